The Bertz CT molecular complexity index is 712. The van der Waals surface area contributed by atoms with Gasteiger partial charge in [0.05, 0.1) is 13.2 Å². The fourth-order valence-electron chi connectivity index (χ4n) is 5.24. The van der Waals surface area contributed by atoms with Gasteiger partial charge >= 0.3 is 0 Å². The highest BCUT2D eigenvalue weighted by molar-refractivity contribution is 5.81. The van der Waals surface area contributed by atoms with E-state index >= 15 is 0 Å². The zero-order valence-electron chi connectivity index (χ0n) is 17.6. The third-order valence-electron chi connectivity index (χ3n) is 6.83. The van der Waals surface area contributed by atoms with Gasteiger partial charge in [-0.05, 0) is 25.0 Å². The summed E-state index contributed by atoms with van der Waals surface area (Å²) in [5.74, 6) is 2.56. The summed E-state index contributed by atoms with van der Waals surface area (Å²) < 4.78 is 11.4. The van der Waals surface area contributed by atoms with E-state index in [-0.39, 0.29) is 5.41 Å². The first-order valence-electron chi connectivity index (χ1n) is 10.5. The molecule has 2 saturated heterocycles. The summed E-state index contributed by atoms with van der Waals surface area (Å²) in [4.78, 5) is 9.43. The molecule has 154 valence electrons. The summed E-state index contributed by atoms with van der Waals surface area (Å²) in [6.45, 7) is 9.46. The number of hydrogen-bond acceptors (Lipinski definition) is 4. The number of rotatable bonds is 3. The van der Waals surface area contributed by atoms with Gasteiger partial charge in [0.1, 0.15) is 5.75 Å². The second-order valence-corrected chi connectivity index (χ2v) is 8.76. The molecule has 1 aliphatic carbocycles. The van der Waals surface area contributed by atoms with Crippen LogP contribution in [0.2, 0.25) is 0 Å². The third kappa shape index (κ3) is 3.43. The van der Waals surface area contributed by atoms with Crippen LogP contribution in [0.1, 0.15) is 26.7 Å². The van der Waals surface area contributed by atoms with Crippen molar-refractivity contribution < 1.29 is 9.47 Å². The van der Waals surface area contributed by atoms with Crippen LogP contribution < -0.4 is 15.0 Å². The molecule has 0 bridgehead atoms. The molecular weight excluding hydrogens is 352 g/mol. The number of aliphatic imine (C=N–C) groups is 1. The van der Waals surface area contributed by atoms with Gasteiger partial charge in [0.25, 0.3) is 0 Å². The number of ether oxygens (including phenoxy) is 2. The third-order valence-corrected chi connectivity index (χ3v) is 6.83. The highest BCUT2D eigenvalue weighted by atomic mass is 16.5. The van der Waals surface area contributed by atoms with Gasteiger partial charge in [-0.2, -0.15) is 0 Å². The molecule has 3 fully saturated rings. The van der Waals surface area contributed by atoms with E-state index in [4.69, 9.17) is 9.47 Å². The molecule has 4 rings (SSSR count). The normalized spacial score (nSPS) is 29.7. The van der Waals surface area contributed by atoms with Gasteiger partial charge in [-0.15, -0.1) is 0 Å². The van der Waals surface area contributed by atoms with E-state index in [1.165, 1.54) is 18.5 Å². The molecule has 3 unspecified atom stereocenters. The van der Waals surface area contributed by atoms with Crippen LogP contribution in [0, 0.1) is 11.3 Å². The van der Waals surface area contributed by atoms with E-state index in [1.54, 1.807) is 7.11 Å². The summed E-state index contributed by atoms with van der Waals surface area (Å²) >= 11 is 0. The number of fused-ring (bicyclic) bond motifs is 1. The van der Waals surface area contributed by atoms with Crippen molar-refractivity contribution in [2.24, 2.45) is 16.3 Å². The maximum Gasteiger partial charge on any atom is 0.194 e. The first-order valence-corrected chi connectivity index (χ1v) is 10.5. The Morgan fingerprint density at radius 1 is 1.25 bits per heavy atom. The quantitative estimate of drug-likeness (QED) is 0.639. The lowest BCUT2D eigenvalue weighted by molar-refractivity contribution is -0.188. The minimum absolute atomic E-state index is 0.156. The molecule has 0 aromatic heterocycles. The van der Waals surface area contributed by atoms with Crippen LogP contribution in [-0.4, -0.2) is 69.9 Å². The summed E-state index contributed by atoms with van der Waals surface area (Å²) in [6.07, 6.45) is 2.82. The number of benzene rings is 1. The van der Waals surface area contributed by atoms with Crippen LogP contribution in [0.5, 0.6) is 5.75 Å². The highest BCUT2D eigenvalue weighted by Crippen LogP contribution is 2.51. The van der Waals surface area contributed by atoms with Gasteiger partial charge < -0.3 is 24.6 Å². The van der Waals surface area contributed by atoms with Gasteiger partial charge in [0.2, 0.25) is 0 Å². The Hall–Kier alpha value is -1.95. The lowest BCUT2D eigenvalue weighted by atomic mass is 9.55. The fraction of sp³-hybridized carbons (Fsp3) is 0.682. The van der Waals surface area contributed by atoms with Crippen LogP contribution in [-0.2, 0) is 4.74 Å². The number of methoxy groups -OCH3 is 1. The van der Waals surface area contributed by atoms with Gasteiger partial charge in [-0.1, -0.05) is 19.9 Å². The minimum Gasteiger partial charge on any atom is -0.497 e. The molecule has 1 N–H and O–H groups in total. The predicted molar refractivity (Wildman–Crippen MR) is 113 cm³/mol. The molecule has 2 aliphatic heterocycles. The first kappa shape index (κ1) is 19.4. The van der Waals surface area contributed by atoms with E-state index < -0.39 is 0 Å². The fourth-order valence-corrected chi connectivity index (χ4v) is 5.24. The summed E-state index contributed by atoms with van der Waals surface area (Å²) in [6, 6.07) is 8.76. The average molecular weight is 387 g/mol. The van der Waals surface area contributed by atoms with Crippen molar-refractivity contribution in [3.8, 4) is 5.75 Å². The van der Waals surface area contributed by atoms with E-state index in [0.717, 1.165) is 44.5 Å². The van der Waals surface area contributed by atoms with Crippen LogP contribution in [0.25, 0.3) is 0 Å². The largest absolute Gasteiger partial charge is 0.497 e. The molecular formula is C22H34N4O2. The van der Waals surface area contributed by atoms with Crippen LogP contribution in [0.4, 0.5) is 5.69 Å². The average Bonchev–Trinajstić information content (AvgIpc) is 2.74. The minimum atomic E-state index is 0.156. The number of guanidine groups is 1. The van der Waals surface area contributed by atoms with E-state index in [9.17, 15) is 0 Å². The Morgan fingerprint density at radius 2 is 2.04 bits per heavy atom. The van der Waals surface area contributed by atoms with E-state index in [2.05, 4.69) is 52.2 Å². The molecule has 0 spiro atoms. The van der Waals surface area contributed by atoms with Gasteiger partial charge in [-0.25, -0.2) is 0 Å². The Morgan fingerprint density at radius 3 is 2.75 bits per heavy atom. The van der Waals surface area contributed by atoms with Crippen molar-refractivity contribution in [2.75, 3.05) is 51.8 Å². The molecule has 3 aliphatic rings. The van der Waals surface area contributed by atoms with Crippen molar-refractivity contribution in [1.82, 2.24) is 10.2 Å². The van der Waals surface area contributed by atoms with Crippen LogP contribution in [0.3, 0.4) is 0 Å². The summed E-state index contributed by atoms with van der Waals surface area (Å²) in [5, 5.41) is 3.79. The number of nitrogens with one attached hydrogen (secondary N) is 1. The summed E-state index contributed by atoms with van der Waals surface area (Å²) in [7, 11) is 3.62. The highest BCUT2D eigenvalue weighted by Gasteiger charge is 2.58. The Labute approximate surface area is 168 Å². The number of hydrogen-bond donors (Lipinski definition) is 1. The summed E-state index contributed by atoms with van der Waals surface area (Å²) in [5.41, 5.74) is 1.38. The number of nitrogens with zero attached hydrogens (tertiary/aromatic N) is 3. The standard InChI is InChI=1S/C22H34N4O2/c1-22(2)19(18-9-6-14-28-20(18)22)24-21(23-3)26-12-10-25(11-13-26)16-7-5-8-17(15-16)27-4/h5,7-8,15,18-20H,6,9-14H2,1-4H3,(H,23,24). The van der Waals surface area contributed by atoms with Crippen molar-refractivity contribution in [1.29, 1.82) is 0 Å². The SMILES string of the molecule is CN=C(NC1C2CCCOC2C1(C)C)N1CCN(c2cccc(OC)c2)CC1. The van der Waals surface area contributed by atoms with E-state index in [1.807, 2.05) is 13.1 Å². The zero-order valence-corrected chi connectivity index (χ0v) is 17.6. The smallest absolute Gasteiger partial charge is 0.194 e. The second-order valence-electron chi connectivity index (χ2n) is 8.76. The van der Waals surface area contributed by atoms with Gasteiger partial charge in [0.15, 0.2) is 5.96 Å². The van der Waals surface area contributed by atoms with Crippen molar-refractivity contribution in [3.63, 3.8) is 0 Å². The molecule has 28 heavy (non-hydrogen) atoms. The monoisotopic (exact) mass is 386 g/mol. The maximum atomic E-state index is 6.05. The molecule has 3 atom stereocenters. The maximum absolute atomic E-state index is 6.05. The predicted octanol–water partition coefficient (Wildman–Crippen LogP) is 2.60. The lowest BCUT2D eigenvalue weighted by Crippen LogP contribution is -2.71. The molecule has 6 heteroatoms. The molecule has 1 aromatic rings. The van der Waals surface area contributed by atoms with E-state index in [0.29, 0.717) is 18.1 Å². The molecule has 0 radical (unpaired) electrons. The second kappa shape index (κ2) is 7.82. The lowest BCUT2D eigenvalue weighted by Gasteiger charge is -2.60. The zero-order chi connectivity index (χ0) is 19.7. The Kier molecular flexibility index (Phi) is 5.41. The number of piperazine rings is 1. The van der Waals surface area contributed by atoms with Gasteiger partial charge in [0, 0.05) is 69.0 Å². The van der Waals surface area contributed by atoms with Gasteiger partial charge in [-0.3, -0.25) is 4.99 Å². The topological polar surface area (TPSA) is 49.3 Å². The Balaban J connectivity index is 1.37. The van der Waals surface area contributed by atoms with Crippen LogP contribution >= 0.6 is 0 Å². The molecule has 0 amide bonds. The van der Waals surface area contributed by atoms with Crippen molar-refractivity contribution in [3.05, 3.63) is 24.3 Å². The number of anilines is 1. The van der Waals surface area contributed by atoms with Crippen LogP contribution in [0.15, 0.2) is 29.3 Å². The van der Waals surface area contributed by atoms with Crippen molar-refractivity contribution >= 4 is 11.6 Å². The molecule has 2 heterocycles. The van der Waals surface area contributed by atoms with Crippen molar-refractivity contribution in [2.45, 2.75) is 38.8 Å². The first-order chi connectivity index (χ1) is 13.5. The molecule has 1 saturated carbocycles. The molecule has 6 nitrogen and oxygen atoms in total. The molecule has 1 aromatic carbocycles.